The summed E-state index contributed by atoms with van der Waals surface area (Å²) in [5.74, 6) is -1.57. The molecule has 2 aromatic carbocycles. The Hall–Kier alpha value is -3.71. The number of nitriles is 1. The summed E-state index contributed by atoms with van der Waals surface area (Å²) in [6.45, 7) is 0. The Balaban J connectivity index is 2.03. The summed E-state index contributed by atoms with van der Waals surface area (Å²) < 4.78 is 13.4. The van der Waals surface area contributed by atoms with Gasteiger partial charge in [-0.3, -0.25) is 24.6 Å². The van der Waals surface area contributed by atoms with Gasteiger partial charge in [0.1, 0.15) is 22.5 Å². The van der Waals surface area contributed by atoms with Gasteiger partial charge in [0.2, 0.25) is 5.91 Å². The molecule has 0 bridgehead atoms. The number of hydrogen-bond donors (Lipinski definition) is 1. The Morgan fingerprint density at radius 3 is 2.63 bits per heavy atom. The number of nitrogens with zero attached hydrogens (tertiary/aromatic N) is 3. The predicted octanol–water partition coefficient (Wildman–Crippen LogP) is 2.91. The smallest absolute Gasteiger partial charge is 0.269 e. The lowest BCUT2D eigenvalue weighted by molar-refractivity contribution is -0.384. The van der Waals surface area contributed by atoms with Crippen molar-refractivity contribution in [2.45, 2.75) is 11.7 Å². The summed E-state index contributed by atoms with van der Waals surface area (Å²) >= 11 is 1.02. The first-order valence-corrected chi connectivity index (χ1v) is 9.59. The highest BCUT2D eigenvalue weighted by Crippen LogP contribution is 2.42. The molecule has 30 heavy (non-hydrogen) atoms. The van der Waals surface area contributed by atoms with Gasteiger partial charge in [-0.2, -0.15) is 5.26 Å². The quantitative estimate of drug-likeness (QED) is 0.340. The molecule has 2 amide bonds. The number of likely N-dealkylation sites (N-methyl/N-ethyl adjacent to an activating group) is 1. The van der Waals surface area contributed by atoms with Crippen LogP contribution >= 0.6 is 11.8 Å². The average Bonchev–Trinajstić information content (AvgIpc) is 3.05. The van der Waals surface area contributed by atoms with Crippen molar-refractivity contribution in [2.75, 3.05) is 11.9 Å². The number of thioether (sulfide) groups is 1. The van der Waals surface area contributed by atoms with Crippen LogP contribution in [0.2, 0.25) is 0 Å². The van der Waals surface area contributed by atoms with Crippen LogP contribution in [0.4, 0.5) is 15.8 Å². The van der Waals surface area contributed by atoms with E-state index in [4.69, 9.17) is 0 Å². The predicted molar refractivity (Wildman–Crippen MR) is 109 cm³/mol. The molecule has 1 saturated heterocycles. The molecule has 10 heteroatoms. The van der Waals surface area contributed by atoms with Crippen molar-refractivity contribution in [3.8, 4) is 6.07 Å². The first-order chi connectivity index (χ1) is 14.3. The number of nitro benzene ring substituents is 1. The molecule has 0 radical (unpaired) electrons. The lowest BCUT2D eigenvalue weighted by Gasteiger charge is -2.18. The number of halogens is 1. The fraction of sp³-hybridized carbons (Fsp3) is 0.150. The number of carbonyl (C=O) groups is 2. The Bertz CT molecular complexity index is 1090. The van der Waals surface area contributed by atoms with Crippen molar-refractivity contribution in [3.63, 3.8) is 0 Å². The molecular formula is C20H15FN4O4S. The normalized spacial score (nSPS) is 17.4. The third-order valence-corrected chi connectivity index (χ3v) is 5.62. The summed E-state index contributed by atoms with van der Waals surface area (Å²) in [4.78, 5) is 37.0. The zero-order valence-corrected chi connectivity index (χ0v) is 16.5. The molecule has 0 aliphatic carbocycles. The van der Waals surface area contributed by atoms with Gasteiger partial charge in [-0.15, -0.1) is 0 Å². The molecule has 1 atom stereocenters. The van der Waals surface area contributed by atoms with E-state index in [-0.39, 0.29) is 22.7 Å². The zero-order chi connectivity index (χ0) is 21.8. The molecule has 0 saturated carbocycles. The largest absolute Gasteiger partial charge is 0.354 e. The lowest BCUT2D eigenvalue weighted by Crippen LogP contribution is -2.31. The molecule has 1 heterocycles. The van der Waals surface area contributed by atoms with Crippen LogP contribution in [0.3, 0.4) is 0 Å². The number of non-ortho nitro benzene ring substituents is 1. The summed E-state index contributed by atoms with van der Waals surface area (Å²) in [6, 6.07) is 12.8. The van der Waals surface area contributed by atoms with Crippen LogP contribution in [-0.4, -0.2) is 29.0 Å². The number of nitrogens with one attached hydrogen (secondary N) is 1. The van der Waals surface area contributed by atoms with E-state index in [1.165, 1.54) is 54.4 Å². The molecule has 1 aliphatic heterocycles. The zero-order valence-electron chi connectivity index (χ0n) is 15.7. The Kier molecular flexibility index (Phi) is 6.13. The number of rotatable bonds is 5. The third kappa shape index (κ3) is 4.16. The van der Waals surface area contributed by atoms with Gasteiger partial charge in [0.25, 0.3) is 11.6 Å². The molecule has 2 aromatic rings. The molecule has 0 spiro atoms. The molecule has 0 unspecified atom stereocenters. The maximum atomic E-state index is 13.4. The highest BCUT2D eigenvalue weighted by molar-refractivity contribution is 8.05. The maximum absolute atomic E-state index is 13.4. The van der Waals surface area contributed by atoms with E-state index in [0.717, 1.165) is 11.8 Å². The van der Waals surface area contributed by atoms with Crippen LogP contribution in [-0.2, 0) is 16.0 Å². The van der Waals surface area contributed by atoms with E-state index < -0.39 is 27.8 Å². The van der Waals surface area contributed by atoms with Crippen LogP contribution in [0.25, 0.3) is 0 Å². The number of nitro groups is 1. The third-order valence-electron chi connectivity index (χ3n) is 4.36. The van der Waals surface area contributed by atoms with Crippen LogP contribution in [0.5, 0.6) is 0 Å². The van der Waals surface area contributed by atoms with E-state index in [1.54, 1.807) is 6.07 Å². The summed E-state index contributed by atoms with van der Waals surface area (Å²) in [6.07, 6.45) is 0.152. The molecule has 1 fully saturated rings. The minimum Gasteiger partial charge on any atom is -0.354 e. The molecule has 3 rings (SSSR count). The minimum atomic E-state index is -0.722. The number of benzene rings is 2. The second-order valence-corrected chi connectivity index (χ2v) is 7.45. The fourth-order valence-electron chi connectivity index (χ4n) is 2.95. The first kappa shape index (κ1) is 21.0. The van der Waals surface area contributed by atoms with Gasteiger partial charge in [-0.25, -0.2) is 4.39 Å². The Morgan fingerprint density at radius 1 is 1.33 bits per heavy atom. The Morgan fingerprint density at radius 2 is 2.03 bits per heavy atom. The summed E-state index contributed by atoms with van der Waals surface area (Å²) in [5.41, 5.74) is 0.523. The highest BCUT2D eigenvalue weighted by Gasteiger charge is 2.40. The second-order valence-electron chi connectivity index (χ2n) is 6.26. The van der Waals surface area contributed by atoms with Crippen molar-refractivity contribution in [1.82, 2.24) is 5.32 Å². The van der Waals surface area contributed by atoms with Crippen LogP contribution in [0, 0.1) is 27.3 Å². The molecule has 152 valence electrons. The summed E-state index contributed by atoms with van der Waals surface area (Å²) in [7, 11) is 1.37. The summed E-state index contributed by atoms with van der Waals surface area (Å²) in [5, 5.41) is 22.3. The van der Waals surface area contributed by atoms with E-state index in [0.29, 0.717) is 11.3 Å². The topological polar surface area (TPSA) is 116 Å². The number of anilines is 1. The molecule has 0 aromatic heterocycles. The van der Waals surface area contributed by atoms with Crippen molar-refractivity contribution in [2.24, 2.45) is 0 Å². The van der Waals surface area contributed by atoms with E-state index in [9.17, 15) is 29.4 Å². The van der Waals surface area contributed by atoms with Crippen LogP contribution < -0.4 is 10.2 Å². The van der Waals surface area contributed by atoms with Gasteiger partial charge in [-0.05, 0) is 36.2 Å². The lowest BCUT2D eigenvalue weighted by atomic mass is 10.1. The molecule has 8 nitrogen and oxygen atoms in total. The standard InChI is InChI=1S/C20H15FN4O4S/c1-23-18(26)16(11-22)20-24(14-7-5-13(21)6-8-14)19(27)17(30-20)10-12-3-2-4-15(9-12)25(28)29/h2-9,17H,10H2,1H3,(H,23,26)/b20-16-/t17-/m1/s1. The Labute approximate surface area is 175 Å². The molecule has 1 aliphatic rings. The second kappa shape index (κ2) is 8.75. The SMILES string of the molecule is CNC(=O)/C(C#N)=C1\S[C@H](Cc2cccc([N+](=O)[O-])c2)C(=O)N1c1ccc(F)cc1. The number of hydrogen-bond acceptors (Lipinski definition) is 6. The van der Waals surface area contributed by atoms with Gasteiger partial charge < -0.3 is 5.32 Å². The minimum absolute atomic E-state index is 0.0998. The van der Waals surface area contributed by atoms with Crippen LogP contribution in [0.1, 0.15) is 5.56 Å². The number of carbonyl (C=O) groups excluding carboxylic acids is 2. The van der Waals surface area contributed by atoms with Gasteiger partial charge in [0.15, 0.2) is 0 Å². The monoisotopic (exact) mass is 426 g/mol. The van der Waals surface area contributed by atoms with Gasteiger partial charge >= 0.3 is 0 Å². The molecular weight excluding hydrogens is 411 g/mol. The van der Waals surface area contributed by atoms with E-state index in [1.807, 2.05) is 6.07 Å². The van der Waals surface area contributed by atoms with Gasteiger partial charge in [0.05, 0.1) is 10.2 Å². The van der Waals surface area contributed by atoms with E-state index >= 15 is 0 Å². The number of amides is 2. The van der Waals surface area contributed by atoms with Crippen molar-refractivity contribution < 1.29 is 18.9 Å². The first-order valence-electron chi connectivity index (χ1n) is 8.71. The van der Waals surface area contributed by atoms with Gasteiger partial charge in [0, 0.05) is 24.9 Å². The highest BCUT2D eigenvalue weighted by atomic mass is 32.2. The fourth-order valence-corrected chi connectivity index (χ4v) is 4.26. The average molecular weight is 426 g/mol. The van der Waals surface area contributed by atoms with Crippen LogP contribution in [0.15, 0.2) is 59.1 Å². The van der Waals surface area contributed by atoms with Crippen molar-refractivity contribution in [1.29, 1.82) is 5.26 Å². The molecule has 1 N–H and O–H groups in total. The van der Waals surface area contributed by atoms with E-state index in [2.05, 4.69) is 5.32 Å². The van der Waals surface area contributed by atoms with Gasteiger partial charge in [-0.1, -0.05) is 23.9 Å². The van der Waals surface area contributed by atoms with Crippen molar-refractivity contribution >= 4 is 35.0 Å². The van der Waals surface area contributed by atoms with Crippen molar-refractivity contribution in [3.05, 3.63) is 80.6 Å². The maximum Gasteiger partial charge on any atom is 0.269 e.